The molecule has 0 unspecified atom stereocenters. The van der Waals surface area contributed by atoms with E-state index in [0.29, 0.717) is 13.1 Å². The van der Waals surface area contributed by atoms with Gasteiger partial charge in [-0.1, -0.05) is 35.9 Å². The molecule has 2 aromatic carbocycles. The molecule has 0 saturated heterocycles. The zero-order chi connectivity index (χ0) is 17.5. The SMILES string of the molecule is Fc1ccc(CCNc2cc(NCc3ccc(Cl)cc3)ncn2)cc1. The fourth-order valence-electron chi connectivity index (χ4n) is 2.33. The highest BCUT2D eigenvalue weighted by Gasteiger charge is 2.00. The van der Waals surface area contributed by atoms with Gasteiger partial charge in [0.25, 0.3) is 0 Å². The van der Waals surface area contributed by atoms with Crippen LogP contribution in [0.4, 0.5) is 16.0 Å². The number of benzene rings is 2. The van der Waals surface area contributed by atoms with Crippen LogP contribution in [0.25, 0.3) is 0 Å². The molecule has 0 amide bonds. The van der Waals surface area contributed by atoms with Crippen molar-refractivity contribution < 1.29 is 4.39 Å². The second kappa shape index (κ2) is 8.44. The number of nitrogens with one attached hydrogen (secondary N) is 2. The molecule has 1 heterocycles. The average Bonchev–Trinajstić information content (AvgIpc) is 2.63. The van der Waals surface area contributed by atoms with Crippen molar-refractivity contribution in [2.45, 2.75) is 13.0 Å². The van der Waals surface area contributed by atoms with E-state index in [1.54, 1.807) is 12.1 Å². The van der Waals surface area contributed by atoms with Gasteiger partial charge in [-0.05, 0) is 41.8 Å². The third-order valence-electron chi connectivity index (χ3n) is 3.69. The smallest absolute Gasteiger partial charge is 0.131 e. The van der Waals surface area contributed by atoms with Crippen molar-refractivity contribution >= 4 is 23.2 Å². The zero-order valence-corrected chi connectivity index (χ0v) is 14.3. The number of anilines is 2. The van der Waals surface area contributed by atoms with Crippen molar-refractivity contribution in [2.24, 2.45) is 0 Å². The van der Waals surface area contributed by atoms with Gasteiger partial charge < -0.3 is 10.6 Å². The molecular weight excluding hydrogens is 339 g/mol. The van der Waals surface area contributed by atoms with Gasteiger partial charge in [0.2, 0.25) is 0 Å². The number of aromatic nitrogens is 2. The highest BCUT2D eigenvalue weighted by Crippen LogP contribution is 2.13. The Balaban J connectivity index is 1.50. The standard InChI is InChI=1S/C19H18ClFN4/c20-16-5-1-15(2-6-16)12-23-19-11-18(24-13-25-19)22-10-9-14-3-7-17(21)8-4-14/h1-8,11,13H,9-10,12H2,(H2,22,23,24,25). The van der Waals surface area contributed by atoms with E-state index < -0.39 is 0 Å². The van der Waals surface area contributed by atoms with Crippen molar-refractivity contribution in [2.75, 3.05) is 17.2 Å². The van der Waals surface area contributed by atoms with Crippen LogP contribution in [0, 0.1) is 5.82 Å². The zero-order valence-electron chi connectivity index (χ0n) is 13.5. The molecule has 4 nitrogen and oxygen atoms in total. The summed E-state index contributed by atoms with van der Waals surface area (Å²) in [7, 11) is 0. The molecule has 0 aliphatic carbocycles. The molecule has 0 bridgehead atoms. The highest BCUT2D eigenvalue weighted by atomic mass is 35.5. The fraction of sp³-hybridized carbons (Fsp3) is 0.158. The Hall–Kier alpha value is -2.66. The molecule has 0 fully saturated rings. The van der Waals surface area contributed by atoms with Gasteiger partial charge in [0, 0.05) is 24.2 Å². The third-order valence-corrected chi connectivity index (χ3v) is 3.94. The minimum absolute atomic E-state index is 0.219. The van der Waals surface area contributed by atoms with E-state index >= 15 is 0 Å². The largest absolute Gasteiger partial charge is 0.370 e. The van der Waals surface area contributed by atoms with Gasteiger partial charge in [-0.2, -0.15) is 0 Å². The Labute approximate surface area is 151 Å². The van der Waals surface area contributed by atoms with Crippen LogP contribution in [0.15, 0.2) is 60.9 Å². The van der Waals surface area contributed by atoms with Crippen LogP contribution in [-0.4, -0.2) is 16.5 Å². The number of halogens is 2. The molecule has 6 heteroatoms. The second-order valence-electron chi connectivity index (χ2n) is 5.57. The summed E-state index contributed by atoms with van der Waals surface area (Å²) in [6.45, 7) is 1.36. The summed E-state index contributed by atoms with van der Waals surface area (Å²) in [4.78, 5) is 8.43. The van der Waals surface area contributed by atoms with E-state index in [1.807, 2.05) is 30.3 Å². The maximum Gasteiger partial charge on any atom is 0.131 e. The van der Waals surface area contributed by atoms with Crippen molar-refractivity contribution in [1.29, 1.82) is 0 Å². The van der Waals surface area contributed by atoms with E-state index in [1.165, 1.54) is 18.5 Å². The lowest BCUT2D eigenvalue weighted by molar-refractivity contribution is 0.627. The minimum atomic E-state index is -0.219. The van der Waals surface area contributed by atoms with Crippen LogP contribution in [-0.2, 0) is 13.0 Å². The lowest BCUT2D eigenvalue weighted by atomic mass is 10.1. The maximum absolute atomic E-state index is 12.9. The van der Waals surface area contributed by atoms with Crippen LogP contribution >= 0.6 is 11.6 Å². The summed E-state index contributed by atoms with van der Waals surface area (Å²) >= 11 is 5.88. The summed E-state index contributed by atoms with van der Waals surface area (Å²) in [6.07, 6.45) is 2.31. The van der Waals surface area contributed by atoms with Crippen molar-refractivity contribution in [3.05, 3.63) is 82.9 Å². The number of hydrogen-bond acceptors (Lipinski definition) is 4. The molecule has 25 heavy (non-hydrogen) atoms. The van der Waals surface area contributed by atoms with Gasteiger partial charge in [-0.15, -0.1) is 0 Å². The van der Waals surface area contributed by atoms with Crippen molar-refractivity contribution in [3.63, 3.8) is 0 Å². The Bertz CT molecular complexity index is 806. The van der Waals surface area contributed by atoms with Gasteiger partial charge in [-0.25, -0.2) is 14.4 Å². The minimum Gasteiger partial charge on any atom is -0.370 e. The van der Waals surface area contributed by atoms with E-state index in [9.17, 15) is 4.39 Å². The molecule has 3 aromatic rings. The topological polar surface area (TPSA) is 49.8 Å². The normalized spacial score (nSPS) is 10.5. The Morgan fingerprint density at radius 3 is 2.20 bits per heavy atom. The maximum atomic E-state index is 12.9. The Kier molecular flexibility index (Phi) is 5.80. The number of hydrogen-bond donors (Lipinski definition) is 2. The highest BCUT2D eigenvalue weighted by molar-refractivity contribution is 6.30. The van der Waals surface area contributed by atoms with E-state index in [4.69, 9.17) is 11.6 Å². The van der Waals surface area contributed by atoms with E-state index in [0.717, 1.165) is 34.2 Å². The summed E-state index contributed by atoms with van der Waals surface area (Å²) in [5.41, 5.74) is 2.19. The molecule has 0 saturated carbocycles. The van der Waals surface area contributed by atoms with Gasteiger partial charge >= 0.3 is 0 Å². The second-order valence-corrected chi connectivity index (χ2v) is 6.01. The molecular formula is C19H18ClFN4. The van der Waals surface area contributed by atoms with Crippen LogP contribution < -0.4 is 10.6 Å². The lowest BCUT2D eigenvalue weighted by Gasteiger charge is -2.09. The van der Waals surface area contributed by atoms with Crippen LogP contribution in [0.3, 0.4) is 0 Å². The predicted molar refractivity (Wildman–Crippen MR) is 99.4 cm³/mol. The van der Waals surface area contributed by atoms with E-state index in [2.05, 4.69) is 20.6 Å². The van der Waals surface area contributed by atoms with Crippen LogP contribution in [0.1, 0.15) is 11.1 Å². The molecule has 128 valence electrons. The van der Waals surface area contributed by atoms with Crippen LogP contribution in [0.2, 0.25) is 5.02 Å². The first kappa shape index (κ1) is 17.2. The summed E-state index contributed by atoms with van der Waals surface area (Å²) in [5.74, 6) is 1.27. The molecule has 0 aliphatic rings. The first-order valence-electron chi connectivity index (χ1n) is 7.98. The lowest BCUT2D eigenvalue weighted by Crippen LogP contribution is -2.08. The molecule has 3 rings (SSSR count). The van der Waals surface area contributed by atoms with Gasteiger partial charge in [0.1, 0.15) is 23.8 Å². The van der Waals surface area contributed by atoms with Crippen LogP contribution in [0.5, 0.6) is 0 Å². The summed E-state index contributed by atoms with van der Waals surface area (Å²) in [6, 6.07) is 16.0. The molecule has 0 atom stereocenters. The monoisotopic (exact) mass is 356 g/mol. The number of rotatable bonds is 7. The van der Waals surface area contributed by atoms with E-state index in [-0.39, 0.29) is 5.82 Å². The van der Waals surface area contributed by atoms with Gasteiger partial charge in [-0.3, -0.25) is 0 Å². The molecule has 0 spiro atoms. The first-order valence-corrected chi connectivity index (χ1v) is 8.35. The summed E-state index contributed by atoms with van der Waals surface area (Å²) in [5, 5.41) is 7.23. The van der Waals surface area contributed by atoms with Gasteiger partial charge in [0.05, 0.1) is 0 Å². The molecule has 2 N–H and O–H groups in total. The van der Waals surface area contributed by atoms with Gasteiger partial charge in [0.15, 0.2) is 0 Å². The molecule has 1 aromatic heterocycles. The Morgan fingerprint density at radius 2 is 1.48 bits per heavy atom. The quantitative estimate of drug-likeness (QED) is 0.652. The molecule has 0 aliphatic heterocycles. The van der Waals surface area contributed by atoms with Crippen molar-refractivity contribution in [3.8, 4) is 0 Å². The number of nitrogens with zero attached hydrogens (tertiary/aromatic N) is 2. The van der Waals surface area contributed by atoms with Crippen molar-refractivity contribution in [1.82, 2.24) is 9.97 Å². The summed E-state index contributed by atoms with van der Waals surface area (Å²) < 4.78 is 12.9. The fourth-order valence-corrected chi connectivity index (χ4v) is 2.46. The Morgan fingerprint density at radius 1 is 0.840 bits per heavy atom. The third kappa shape index (κ3) is 5.43. The average molecular weight is 357 g/mol. The molecule has 0 radical (unpaired) electrons. The first-order chi connectivity index (χ1) is 12.2. The predicted octanol–water partition coefficient (Wildman–Crippen LogP) is 4.54.